The number of carbonyl (C=O) groups is 1. The number of thioether (sulfide) groups is 2. The molecule has 21 heavy (non-hydrogen) atoms. The summed E-state index contributed by atoms with van der Waals surface area (Å²) in [6.45, 7) is 0. The van der Waals surface area contributed by atoms with E-state index in [9.17, 15) is 4.79 Å². The van der Waals surface area contributed by atoms with Crippen molar-refractivity contribution in [2.24, 2.45) is 0 Å². The molecule has 0 radical (unpaired) electrons. The molecule has 0 N–H and O–H groups in total. The van der Waals surface area contributed by atoms with E-state index in [1.54, 1.807) is 42.5 Å². The minimum absolute atomic E-state index is 0.113. The molecule has 0 heterocycles. The van der Waals surface area contributed by atoms with Crippen LogP contribution in [0.3, 0.4) is 0 Å². The van der Waals surface area contributed by atoms with E-state index in [-0.39, 0.29) is 11.2 Å². The third-order valence-corrected chi connectivity index (χ3v) is 5.33. The van der Waals surface area contributed by atoms with Gasteiger partial charge in [-0.3, -0.25) is 4.79 Å². The van der Waals surface area contributed by atoms with Crippen LogP contribution in [0.5, 0.6) is 0 Å². The van der Waals surface area contributed by atoms with Gasteiger partial charge in [0.05, 0.1) is 0 Å². The minimum Gasteiger partial charge on any atom is -0.348 e. The van der Waals surface area contributed by atoms with Crippen LogP contribution in [0.4, 0.5) is 0 Å². The van der Waals surface area contributed by atoms with Crippen molar-refractivity contribution >= 4 is 29.4 Å². The van der Waals surface area contributed by atoms with Crippen molar-refractivity contribution in [3.05, 3.63) is 60.2 Å². The van der Waals surface area contributed by atoms with Crippen LogP contribution in [-0.2, 0) is 4.79 Å². The first kappa shape index (κ1) is 16.0. The molecule has 0 aromatic heterocycles. The first-order valence-electron chi connectivity index (χ1n) is 6.69. The number of amides is 1. The van der Waals surface area contributed by atoms with E-state index >= 15 is 0 Å². The fourth-order valence-electron chi connectivity index (χ4n) is 1.97. The molecule has 2 aromatic rings. The number of rotatable bonds is 5. The van der Waals surface area contributed by atoms with Gasteiger partial charge in [0, 0.05) is 23.9 Å². The molecular weight excluding hydrogens is 298 g/mol. The Labute approximate surface area is 134 Å². The Morgan fingerprint density at radius 2 is 1.52 bits per heavy atom. The number of likely N-dealkylation sites (N-methyl/N-ethyl adjacent to an activating group) is 1. The van der Waals surface area contributed by atoms with E-state index in [2.05, 4.69) is 18.4 Å². The molecule has 2 nitrogen and oxygen atoms in total. The van der Waals surface area contributed by atoms with E-state index in [1.165, 1.54) is 4.90 Å². The molecule has 0 aliphatic heterocycles. The molecule has 1 unspecified atom stereocenters. The second kappa shape index (κ2) is 7.57. The molecule has 0 aliphatic rings. The van der Waals surface area contributed by atoms with Crippen molar-refractivity contribution in [3.8, 4) is 0 Å². The highest BCUT2D eigenvalue weighted by Gasteiger charge is 2.24. The number of hydrogen-bond acceptors (Lipinski definition) is 3. The van der Waals surface area contributed by atoms with Crippen LogP contribution < -0.4 is 0 Å². The van der Waals surface area contributed by atoms with Crippen LogP contribution in [-0.4, -0.2) is 31.2 Å². The summed E-state index contributed by atoms with van der Waals surface area (Å²) in [5, 5.41) is -0.213. The summed E-state index contributed by atoms with van der Waals surface area (Å²) in [5.41, 5.74) is 1.04. The lowest BCUT2D eigenvalue weighted by Crippen LogP contribution is -2.26. The van der Waals surface area contributed by atoms with Crippen molar-refractivity contribution in [2.45, 2.75) is 15.0 Å². The number of nitrogens with zero attached hydrogens (tertiary/aromatic N) is 1. The zero-order chi connectivity index (χ0) is 15.2. The van der Waals surface area contributed by atoms with Gasteiger partial charge in [0.2, 0.25) is 5.91 Å². The maximum Gasteiger partial charge on any atom is 0.240 e. The van der Waals surface area contributed by atoms with E-state index < -0.39 is 0 Å². The van der Waals surface area contributed by atoms with Gasteiger partial charge in [-0.15, -0.1) is 23.5 Å². The lowest BCUT2D eigenvalue weighted by molar-refractivity contribution is -0.128. The van der Waals surface area contributed by atoms with Crippen molar-refractivity contribution in [1.29, 1.82) is 0 Å². The minimum atomic E-state index is -0.213. The lowest BCUT2D eigenvalue weighted by atomic mass is 10.1. The Bertz CT molecular complexity index is 599. The van der Waals surface area contributed by atoms with Gasteiger partial charge in [-0.2, -0.15) is 0 Å². The largest absolute Gasteiger partial charge is 0.348 e. The van der Waals surface area contributed by atoms with Crippen LogP contribution in [0.25, 0.3) is 0 Å². The standard InChI is InChI=1S/C17H19NOS2/c1-18(2)17(19)16(13-9-5-4-6-10-13)21-15-12-8-7-11-14(15)20-3/h4-12,16H,1-3H3. The summed E-state index contributed by atoms with van der Waals surface area (Å²) in [6, 6.07) is 18.2. The zero-order valence-electron chi connectivity index (χ0n) is 12.4. The second-order valence-electron chi connectivity index (χ2n) is 4.79. The molecule has 0 bridgehead atoms. The molecule has 110 valence electrons. The third-order valence-electron chi connectivity index (χ3n) is 3.08. The Hall–Kier alpha value is -1.39. The number of carbonyl (C=O) groups excluding carboxylic acids is 1. The average Bonchev–Trinajstić information content (AvgIpc) is 2.53. The van der Waals surface area contributed by atoms with Gasteiger partial charge in [-0.05, 0) is 24.0 Å². The average molecular weight is 317 g/mol. The van der Waals surface area contributed by atoms with E-state index in [4.69, 9.17) is 0 Å². The summed E-state index contributed by atoms with van der Waals surface area (Å²) in [6.07, 6.45) is 2.06. The van der Waals surface area contributed by atoms with E-state index in [0.717, 1.165) is 10.5 Å². The summed E-state index contributed by atoms with van der Waals surface area (Å²) in [4.78, 5) is 16.6. The molecule has 1 atom stereocenters. The highest BCUT2D eigenvalue weighted by molar-refractivity contribution is 8.02. The molecule has 0 saturated carbocycles. The predicted octanol–water partition coefficient (Wildman–Crippen LogP) is 4.33. The van der Waals surface area contributed by atoms with Crippen LogP contribution >= 0.6 is 23.5 Å². The first-order valence-corrected chi connectivity index (χ1v) is 8.79. The van der Waals surface area contributed by atoms with Crippen molar-refractivity contribution < 1.29 is 4.79 Å². The summed E-state index contributed by atoms with van der Waals surface area (Å²) < 4.78 is 0. The molecule has 4 heteroatoms. The third kappa shape index (κ3) is 4.05. The molecular formula is C17H19NOS2. The normalized spacial score (nSPS) is 12.0. The summed E-state index contributed by atoms with van der Waals surface area (Å²) >= 11 is 3.32. The second-order valence-corrected chi connectivity index (χ2v) is 6.79. The van der Waals surface area contributed by atoms with Crippen LogP contribution in [0.15, 0.2) is 64.4 Å². The van der Waals surface area contributed by atoms with Gasteiger partial charge >= 0.3 is 0 Å². The van der Waals surface area contributed by atoms with Gasteiger partial charge in [-0.25, -0.2) is 0 Å². The highest BCUT2D eigenvalue weighted by atomic mass is 32.2. The Morgan fingerprint density at radius 1 is 0.952 bits per heavy atom. The number of hydrogen-bond donors (Lipinski definition) is 0. The SMILES string of the molecule is CSc1ccccc1SC(C(=O)N(C)C)c1ccccc1. The van der Waals surface area contributed by atoms with Gasteiger partial charge in [0.1, 0.15) is 5.25 Å². The highest BCUT2D eigenvalue weighted by Crippen LogP contribution is 2.40. The quantitative estimate of drug-likeness (QED) is 0.766. The molecule has 1 amide bonds. The molecule has 0 spiro atoms. The molecule has 0 aliphatic carbocycles. The molecule has 2 aromatic carbocycles. The Balaban J connectivity index is 2.35. The first-order chi connectivity index (χ1) is 10.1. The van der Waals surface area contributed by atoms with E-state index in [0.29, 0.717) is 0 Å². The monoisotopic (exact) mass is 317 g/mol. The van der Waals surface area contributed by atoms with Crippen molar-refractivity contribution in [1.82, 2.24) is 4.90 Å². The molecule has 0 fully saturated rings. The van der Waals surface area contributed by atoms with Crippen molar-refractivity contribution in [2.75, 3.05) is 20.4 Å². The van der Waals surface area contributed by atoms with E-state index in [1.807, 2.05) is 42.5 Å². The Morgan fingerprint density at radius 3 is 2.10 bits per heavy atom. The predicted molar refractivity (Wildman–Crippen MR) is 92.0 cm³/mol. The van der Waals surface area contributed by atoms with Gasteiger partial charge < -0.3 is 4.90 Å². The maximum absolute atomic E-state index is 12.5. The number of benzene rings is 2. The van der Waals surface area contributed by atoms with Crippen molar-refractivity contribution in [3.63, 3.8) is 0 Å². The topological polar surface area (TPSA) is 20.3 Å². The van der Waals surface area contributed by atoms with Crippen LogP contribution in [0.2, 0.25) is 0 Å². The summed E-state index contributed by atoms with van der Waals surface area (Å²) in [5.74, 6) is 0.113. The summed E-state index contributed by atoms with van der Waals surface area (Å²) in [7, 11) is 3.61. The fraction of sp³-hybridized carbons (Fsp3) is 0.235. The lowest BCUT2D eigenvalue weighted by Gasteiger charge is -2.21. The van der Waals surface area contributed by atoms with Gasteiger partial charge in [0.15, 0.2) is 0 Å². The fourth-order valence-corrected chi connectivity index (χ4v) is 4.04. The Kier molecular flexibility index (Phi) is 5.76. The van der Waals surface area contributed by atoms with Crippen LogP contribution in [0.1, 0.15) is 10.8 Å². The smallest absolute Gasteiger partial charge is 0.240 e. The zero-order valence-corrected chi connectivity index (χ0v) is 14.1. The van der Waals surface area contributed by atoms with Gasteiger partial charge in [-0.1, -0.05) is 42.5 Å². The molecule has 2 rings (SSSR count). The van der Waals surface area contributed by atoms with Gasteiger partial charge in [0.25, 0.3) is 0 Å². The molecule has 0 saturated heterocycles. The van der Waals surface area contributed by atoms with Crippen LogP contribution in [0, 0.1) is 0 Å². The maximum atomic E-state index is 12.5.